The number of rotatable bonds is 6. The molecule has 0 aliphatic carbocycles. The van der Waals surface area contributed by atoms with Gasteiger partial charge in [-0.3, -0.25) is 9.59 Å². The van der Waals surface area contributed by atoms with E-state index < -0.39 is 5.82 Å². The Hall–Kier alpha value is -3.81. The Balaban J connectivity index is 1.65. The van der Waals surface area contributed by atoms with Gasteiger partial charge in [0.05, 0.1) is 5.69 Å². The lowest BCUT2D eigenvalue weighted by Gasteiger charge is -2.13. The molecular weight excluding hydrogens is 397 g/mol. The maximum absolute atomic E-state index is 13.8. The SMILES string of the molecule is CCn1c(C)c(CCC(=O)Nc2ccccc2F)c(=O)n2nc(-c3ccccc3)nc12. The molecule has 31 heavy (non-hydrogen) atoms. The number of carbonyl (C=O) groups excluding carboxylic acids is 1. The van der Waals surface area contributed by atoms with Crippen molar-refractivity contribution < 1.29 is 9.18 Å². The minimum Gasteiger partial charge on any atom is -0.324 e. The molecule has 0 unspecified atom stereocenters. The Bertz CT molecular complexity index is 1310. The molecule has 7 nitrogen and oxygen atoms in total. The molecule has 0 aliphatic heterocycles. The lowest BCUT2D eigenvalue weighted by atomic mass is 10.1. The number of amides is 1. The molecule has 0 spiro atoms. The summed E-state index contributed by atoms with van der Waals surface area (Å²) in [6, 6.07) is 15.4. The zero-order valence-electron chi connectivity index (χ0n) is 17.3. The fourth-order valence-electron chi connectivity index (χ4n) is 3.60. The number of aryl methyl sites for hydroxylation is 1. The molecular formula is C23H22FN5O2. The highest BCUT2D eigenvalue weighted by Gasteiger charge is 2.19. The number of anilines is 1. The molecule has 1 amide bonds. The van der Waals surface area contributed by atoms with E-state index >= 15 is 0 Å². The van der Waals surface area contributed by atoms with Crippen LogP contribution >= 0.6 is 0 Å². The maximum Gasteiger partial charge on any atom is 0.279 e. The lowest BCUT2D eigenvalue weighted by molar-refractivity contribution is -0.116. The smallest absolute Gasteiger partial charge is 0.279 e. The van der Waals surface area contributed by atoms with Crippen LogP contribution in [0.3, 0.4) is 0 Å². The molecule has 0 saturated heterocycles. The molecule has 2 heterocycles. The van der Waals surface area contributed by atoms with Crippen LogP contribution < -0.4 is 10.9 Å². The minimum absolute atomic E-state index is 0.0415. The Kier molecular flexibility index (Phi) is 5.62. The molecule has 0 saturated carbocycles. The van der Waals surface area contributed by atoms with E-state index in [2.05, 4.69) is 15.4 Å². The van der Waals surface area contributed by atoms with Gasteiger partial charge in [-0.1, -0.05) is 42.5 Å². The highest BCUT2D eigenvalue weighted by atomic mass is 19.1. The third kappa shape index (κ3) is 3.96. The summed E-state index contributed by atoms with van der Waals surface area (Å²) >= 11 is 0. The van der Waals surface area contributed by atoms with Crippen LogP contribution in [0.1, 0.15) is 24.6 Å². The summed E-state index contributed by atoms with van der Waals surface area (Å²) in [5, 5.41) is 6.97. The van der Waals surface area contributed by atoms with Gasteiger partial charge in [0, 0.05) is 29.8 Å². The number of para-hydroxylation sites is 1. The number of nitrogens with one attached hydrogen (secondary N) is 1. The van der Waals surface area contributed by atoms with Crippen molar-refractivity contribution in [3.63, 3.8) is 0 Å². The summed E-state index contributed by atoms with van der Waals surface area (Å²) < 4.78 is 17.0. The number of aromatic nitrogens is 4. The van der Waals surface area contributed by atoms with Crippen molar-refractivity contribution in [2.45, 2.75) is 33.2 Å². The van der Waals surface area contributed by atoms with Gasteiger partial charge in [0.1, 0.15) is 5.82 Å². The Morgan fingerprint density at radius 1 is 1.10 bits per heavy atom. The first-order chi connectivity index (χ1) is 15.0. The molecule has 2 aromatic heterocycles. The Labute approximate surface area is 178 Å². The standard InChI is InChI=1S/C23H22FN5O2/c1-3-28-15(2)17(13-14-20(30)25-19-12-8-7-11-18(19)24)22(31)29-23(28)26-21(27-29)16-9-5-4-6-10-16/h4-12H,3,13-14H2,1-2H3,(H,25,30). The Morgan fingerprint density at radius 2 is 1.81 bits per heavy atom. The number of halogens is 1. The summed E-state index contributed by atoms with van der Waals surface area (Å²) in [6.07, 6.45) is 0.251. The van der Waals surface area contributed by atoms with E-state index in [-0.39, 0.29) is 30.0 Å². The Morgan fingerprint density at radius 3 is 2.52 bits per heavy atom. The average molecular weight is 419 g/mol. The average Bonchev–Trinajstić information content (AvgIpc) is 3.22. The molecule has 2 aromatic carbocycles. The summed E-state index contributed by atoms with van der Waals surface area (Å²) in [6.45, 7) is 4.39. The van der Waals surface area contributed by atoms with Gasteiger partial charge >= 0.3 is 0 Å². The quantitative estimate of drug-likeness (QED) is 0.518. The molecule has 0 aliphatic rings. The van der Waals surface area contributed by atoms with E-state index in [1.165, 1.54) is 16.6 Å². The summed E-state index contributed by atoms with van der Waals surface area (Å²) in [5.41, 5.74) is 1.87. The van der Waals surface area contributed by atoms with E-state index in [4.69, 9.17) is 0 Å². The molecule has 0 fully saturated rings. The van der Waals surface area contributed by atoms with Crippen molar-refractivity contribution in [1.82, 2.24) is 19.2 Å². The van der Waals surface area contributed by atoms with E-state index in [0.29, 0.717) is 23.7 Å². The molecule has 158 valence electrons. The zero-order valence-corrected chi connectivity index (χ0v) is 17.3. The van der Waals surface area contributed by atoms with Crippen LogP contribution in [-0.4, -0.2) is 25.1 Å². The van der Waals surface area contributed by atoms with Gasteiger partial charge in [-0.15, -0.1) is 5.10 Å². The minimum atomic E-state index is -0.502. The predicted octanol–water partition coefficient (Wildman–Crippen LogP) is 3.60. The van der Waals surface area contributed by atoms with Crippen LogP contribution in [0.25, 0.3) is 17.2 Å². The van der Waals surface area contributed by atoms with Crippen molar-refractivity contribution in [2.24, 2.45) is 0 Å². The van der Waals surface area contributed by atoms with Crippen molar-refractivity contribution in [3.8, 4) is 11.4 Å². The fraction of sp³-hybridized carbons (Fsp3) is 0.217. The largest absolute Gasteiger partial charge is 0.324 e. The van der Waals surface area contributed by atoms with Crippen LogP contribution in [0, 0.1) is 12.7 Å². The first-order valence-corrected chi connectivity index (χ1v) is 10.1. The number of fused-ring (bicyclic) bond motifs is 1. The number of benzene rings is 2. The second kappa shape index (κ2) is 8.51. The molecule has 0 bridgehead atoms. The molecule has 1 N–H and O–H groups in total. The van der Waals surface area contributed by atoms with Gasteiger partial charge in [0.25, 0.3) is 5.56 Å². The summed E-state index contributed by atoms with van der Waals surface area (Å²) in [5.74, 6) is 0.0608. The van der Waals surface area contributed by atoms with Crippen LogP contribution in [0.15, 0.2) is 59.4 Å². The van der Waals surface area contributed by atoms with E-state index in [1.54, 1.807) is 12.1 Å². The maximum atomic E-state index is 13.8. The van der Waals surface area contributed by atoms with Gasteiger partial charge < -0.3 is 9.88 Å². The van der Waals surface area contributed by atoms with Crippen LogP contribution in [0.4, 0.5) is 10.1 Å². The van der Waals surface area contributed by atoms with Crippen molar-refractivity contribution in [3.05, 3.63) is 82.0 Å². The molecule has 0 atom stereocenters. The van der Waals surface area contributed by atoms with Crippen molar-refractivity contribution in [2.75, 3.05) is 5.32 Å². The van der Waals surface area contributed by atoms with E-state index in [1.807, 2.05) is 48.7 Å². The van der Waals surface area contributed by atoms with Gasteiger partial charge in [-0.2, -0.15) is 9.50 Å². The third-order valence-corrected chi connectivity index (χ3v) is 5.22. The first kappa shape index (κ1) is 20.5. The fourth-order valence-corrected chi connectivity index (χ4v) is 3.60. The number of carbonyl (C=O) groups is 1. The topological polar surface area (TPSA) is 81.3 Å². The van der Waals surface area contributed by atoms with Crippen LogP contribution in [0.5, 0.6) is 0 Å². The molecule has 4 rings (SSSR count). The molecule has 4 aromatic rings. The number of hydrogen-bond acceptors (Lipinski definition) is 4. The second-order valence-electron chi connectivity index (χ2n) is 7.15. The van der Waals surface area contributed by atoms with Gasteiger partial charge in [0.15, 0.2) is 5.82 Å². The summed E-state index contributed by atoms with van der Waals surface area (Å²) in [7, 11) is 0. The molecule has 8 heteroatoms. The normalized spacial score (nSPS) is 11.1. The highest BCUT2D eigenvalue weighted by molar-refractivity contribution is 5.90. The van der Waals surface area contributed by atoms with Crippen molar-refractivity contribution in [1.29, 1.82) is 0 Å². The predicted molar refractivity (Wildman–Crippen MR) is 116 cm³/mol. The highest BCUT2D eigenvalue weighted by Crippen LogP contribution is 2.18. The van der Waals surface area contributed by atoms with Gasteiger partial charge in [-0.25, -0.2) is 4.39 Å². The van der Waals surface area contributed by atoms with Gasteiger partial charge in [0.2, 0.25) is 11.7 Å². The first-order valence-electron chi connectivity index (χ1n) is 10.1. The van der Waals surface area contributed by atoms with Crippen molar-refractivity contribution >= 4 is 17.4 Å². The number of nitrogens with zero attached hydrogens (tertiary/aromatic N) is 4. The van der Waals surface area contributed by atoms with E-state index in [0.717, 1.165) is 11.3 Å². The monoisotopic (exact) mass is 419 g/mol. The summed E-state index contributed by atoms with van der Waals surface area (Å²) in [4.78, 5) is 30.1. The molecule has 0 radical (unpaired) electrons. The second-order valence-corrected chi connectivity index (χ2v) is 7.15. The lowest BCUT2D eigenvalue weighted by Crippen LogP contribution is -2.27. The van der Waals surface area contributed by atoms with E-state index in [9.17, 15) is 14.0 Å². The van der Waals surface area contributed by atoms with Gasteiger partial charge in [-0.05, 0) is 32.4 Å². The zero-order chi connectivity index (χ0) is 22.0. The third-order valence-electron chi connectivity index (χ3n) is 5.22. The number of hydrogen-bond donors (Lipinski definition) is 1. The van der Waals surface area contributed by atoms with Crippen LogP contribution in [0.2, 0.25) is 0 Å². The van der Waals surface area contributed by atoms with Crippen LogP contribution in [-0.2, 0) is 17.8 Å².